The third-order valence-corrected chi connectivity index (χ3v) is 3.60. The van der Waals surface area contributed by atoms with Crippen molar-refractivity contribution in [3.63, 3.8) is 0 Å². The van der Waals surface area contributed by atoms with Gasteiger partial charge in [0, 0.05) is 0 Å². The molecule has 22 heavy (non-hydrogen) atoms. The minimum Gasteiger partial charge on any atom is -0.480 e. The van der Waals surface area contributed by atoms with Gasteiger partial charge in [0.15, 0.2) is 0 Å². The number of aliphatic carboxylic acids is 2. The fraction of sp³-hybridized carbons (Fsp3) is 0.714. The molecule has 0 amide bonds. The van der Waals surface area contributed by atoms with E-state index in [0.29, 0.717) is 12.8 Å². The van der Waals surface area contributed by atoms with E-state index in [-0.39, 0.29) is 21.8 Å². The van der Waals surface area contributed by atoms with Crippen molar-refractivity contribution in [2.75, 3.05) is 0 Å². The number of carbonyl (C=O) groups is 2. The van der Waals surface area contributed by atoms with Crippen molar-refractivity contribution in [3.8, 4) is 0 Å². The van der Waals surface area contributed by atoms with Crippen LogP contribution in [0.3, 0.4) is 0 Å². The van der Waals surface area contributed by atoms with E-state index in [2.05, 4.69) is 10.6 Å². The molecule has 0 rings (SSSR count). The van der Waals surface area contributed by atoms with Crippen molar-refractivity contribution in [3.05, 3.63) is 0 Å². The van der Waals surface area contributed by atoms with E-state index in [4.69, 9.17) is 34.6 Å². The van der Waals surface area contributed by atoms with E-state index >= 15 is 0 Å². The highest BCUT2D eigenvalue weighted by molar-refractivity contribution is 7.89. The molecule has 0 unspecified atom stereocenters. The lowest BCUT2D eigenvalue weighted by Gasteiger charge is -2.22. The summed E-state index contributed by atoms with van der Waals surface area (Å²) in [4.78, 5) is 22.5. The predicted molar refractivity (Wildman–Crippen MR) is 93.2 cm³/mol. The Morgan fingerprint density at radius 3 is 1.27 bits per heavy atom. The van der Waals surface area contributed by atoms with Gasteiger partial charge in [0.05, 0.1) is 0 Å². The SMILES string of the molecule is CC(C)C[C@H](NC(=S)C(=S)N[C@@H](CC(C)C)C(=O)O)C(=O)O. The molecule has 0 aliphatic rings. The maximum Gasteiger partial charge on any atom is 0.326 e. The Bertz CT molecular complexity index is 399. The molecule has 0 aromatic rings. The molecule has 0 spiro atoms. The second-order valence-electron chi connectivity index (χ2n) is 5.99. The van der Waals surface area contributed by atoms with Gasteiger partial charge in [0.1, 0.15) is 22.1 Å². The fourth-order valence-corrected chi connectivity index (χ4v) is 2.24. The summed E-state index contributed by atoms with van der Waals surface area (Å²) in [7, 11) is 0. The molecule has 0 aliphatic heterocycles. The van der Waals surface area contributed by atoms with Crippen LogP contribution in [0.5, 0.6) is 0 Å². The van der Waals surface area contributed by atoms with Gasteiger partial charge in [0.2, 0.25) is 0 Å². The van der Waals surface area contributed by atoms with Gasteiger partial charge in [0.25, 0.3) is 0 Å². The summed E-state index contributed by atoms with van der Waals surface area (Å²) in [6.07, 6.45) is 0.791. The van der Waals surface area contributed by atoms with Crippen LogP contribution in [-0.4, -0.2) is 44.2 Å². The number of carboxylic acid groups (broad SMARTS) is 2. The van der Waals surface area contributed by atoms with Crippen LogP contribution in [0.4, 0.5) is 0 Å². The van der Waals surface area contributed by atoms with Gasteiger partial charge in [-0.2, -0.15) is 0 Å². The molecule has 8 heteroatoms. The summed E-state index contributed by atoms with van der Waals surface area (Å²) >= 11 is 10.1. The Balaban J connectivity index is 4.72. The average Bonchev–Trinajstić information content (AvgIpc) is 2.35. The summed E-state index contributed by atoms with van der Waals surface area (Å²) in [6.45, 7) is 7.61. The van der Waals surface area contributed by atoms with E-state index in [9.17, 15) is 9.59 Å². The minimum atomic E-state index is -1.02. The summed E-state index contributed by atoms with van der Waals surface area (Å²) in [5, 5.41) is 23.7. The zero-order valence-corrected chi connectivity index (χ0v) is 14.9. The number of nitrogens with one attached hydrogen (secondary N) is 2. The Labute approximate surface area is 141 Å². The molecule has 0 heterocycles. The maximum absolute atomic E-state index is 11.2. The van der Waals surface area contributed by atoms with E-state index in [0.717, 1.165) is 0 Å². The topological polar surface area (TPSA) is 98.7 Å². The molecule has 0 bridgehead atoms. The highest BCUT2D eigenvalue weighted by Gasteiger charge is 2.24. The lowest BCUT2D eigenvalue weighted by Crippen LogP contribution is -2.50. The Morgan fingerprint density at radius 1 is 0.818 bits per heavy atom. The normalized spacial score (nSPS) is 13.5. The van der Waals surface area contributed by atoms with Crippen molar-refractivity contribution >= 4 is 46.4 Å². The number of hydrogen-bond donors (Lipinski definition) is 4. The number of rotatable bonds is 8. The monoisotopic (exact) mass is 348 g/mol. The van der Waals surface area contributed by atoms with Gasteiger partial charge in [-0.1, -0.05) is 52.1 Å². The molecular formula is C14H24N2O4S2. The molecule has 0 fully saturated rings. The largest absolute Gasteiger partial charge is 0.480 e. The van der Waals surface area contributed by atoms with Gasteiger partial charge >= 0.3 is 11.9 Å². The Morgan fingerprint density at radius 2 is 1.09 bits per heavy atom. The van der Waals surface area contributed by atoms with Crippen LogP contribution >= 0.6 is 24.4 Å². The fourth-order valence-electron chi connectivity index (χ4n) is 1.83. The molecule has 2 atom stereocenters. The zero-order valence-electron chi connectivity index (χ0n) is 13.3. The first-order valence-corrected chi connectivity index (χ1v) is 7.93. The first-order valence-electron chi connectivity index (χ1n) is 7.11. The van der Waals surface area contributed by atoms with Gasteiger partial charge in [-0.15, -0.1) is 0 Å². The summed E-state index contributed by atoms with van der Waals surface area (Å²) in [5.41, 5.74) is 0. The van der Waals surface area contributed by atoms with E-state index in [1.165, 1.54) is 0 Å². The van der Waals surface area contributed by atoms with Gasteiger partial charge in [-0.05, 0) is 24.7 Å². The van der Waals surface area contributed by atoms with Crippen molar-refractivity contribution in [1.82, 2.24) is 10.6 Å². The quantitative estimate of drug-likeness (QED) is 0.493. The lowest BCUT2D eigenvalue weighted by atomic mass is 10.0. The van der Waals surface area contributed by atoms with Crippen LogP contribution < -0.4 is 10.6 Å². The average molecular weight is 348 g/mol. The van der Waals surface area contributed by atoms with Crippen molar-refractivity contribution in [1.29, 1.82) is 0 Å². The summed E-state index contributed by atoms with van der Waals surface area (Å²) in [5.74, 6) is -1.69. The maximum atomic E-state index is 11.2. The van der Waals surface area contributed by atoms with E-state index in [1.807, 2.05) is 27.7 Å². The van der Waals surface area contributed by atoms with Crippen LogP contribution in [-0.2, 0) is 9.59 Å². The summed E-state index contributed by atoms with van der Waals surface area (Å²) < 4.78 is 0. The predicted octanol–water partition coefficient (Wildman–Crippen LogP) is 1.82. The molecule has 0 saturated heterocycles. The molecule has 6 nitrogen and oxygen atoms in total. The molecule has 0 saturated carbocycles. The molecule has 4 N–H and O–H groups in total. The highest BCUT2D eigenvalue weighted by Crippen LogP contribution is 2.07. The van der Waals surface area contributed by atoms with E-state index in [1.54, 1.807) is 0 Å². The molecule has 0 aliphatic carbocycles. The number of thiocarbonyl (C=S) groups is 2. The second-order valence-corrected chi connectivity index (χ2v) is 6.80. The first kappa shape index (κ1) is 20.7. The number of carboxylic acids is 2. The van der Waals surface area contributed by atoms with Crippen molar-refractivity contribution in [2.24, 2.45) is 11.8 Å². The Hall–Kier alpha value is -1.28. The number of hydrogen-bond acceptors (Lipinski definition) is 4. The van der Waals surface area contributed by atoms with Crippen molar-refractivity contribution < 1.29 is 19.8 Å². The smallest absolute Gasteiger partial charge is 0.326 e. The van der Waals surface area contributed by atoms with Crippen LogP contribution in [0.15, 0.2) is 0 Å². The van der Waals surface area contributed by atoms with Crippen molar-refractivity contribution in [2.45, 2.75) is 52.6 Å². The van der Waals surface area contributed by atoms with Crippen LogP contribution in [0.25, 0.3) is 0 Å². The van der Waals surface area contributed by atoms with Gasteiger partial charge < -0.3 is 20.8 Å². The molecule has 0 aromatic carbocycles. The second kappa shape index (κ2) is 9.68. The van der Waals surface area contributed by atoms with Crippen LogP contribution in [0, 0.1) is 11.8 Å². The Kier molecular flexibility index (Phi) is 9.12. The zero-order chi connectivity index (χ0) is 17.4. The van der Waals surface area contributed by atoms with Crippen LogP contribution in [0.2, 0.25) is 0 Å². The molecule has 0 radical (unpaired) electrons. The minimum absolute atomic E-state index is 0.0538. The molecule has 0 aromatic heterocycles. The highest BCUT2D eigenvalue weighted by atomic mass is 32.1. The standard InChI is InChI=1S/C14H24N2O4S2/c1-7(2)5-9(13(17)18)15-11(21)12(22)16-10(14(19)20)6-8(3)4/h7-10H,5-6H2,1-4H3,(H,15,21)(H,16,22)(H,17,18)(H,19,20)/t9-,10-/m0/s1. The van der Waals surface area contributed by atoms with Gasteiger partial charge in [-0.3, -0.25) is 0 Å². The first-order chi connectivity index (χ1) is 10.0. The lowest BCUT2D eigenvalue weighted by molar-refractivity contribution is -0.140. The van der Waals surface area contributed by atoms with Crippen LogP contribution in [0.1, 0.15) is 40.5 Å². The third-order valence-electron chi connectivity index (χ3n) is 2.83. The molecule has 126 valence electrons. The van der Waals surface area contributed by atoms with Gasteiger partial charge in [-0.25, -0.2) is 9.59 Å². The van der Waals surface area contributed by atoms with E-state index < -0.39 is 24.0 Å². The molecular weight excluding hydrogens is 324 g/mol. The third kappa shape index (κ3) is 8.23. The summed E-state index contributed by atoms with van der Waals surface area (Å²) in [6, 6.07) is -1.69.